The molecule has 0 bridgehead atoms. The van der Waals surface area contributed by atoms with Crippen molar-refractivity contribution in [3.05, 3.63) is 69.5 Å². The molecule has 0 fully saturated rings. The standard InChI is InChI=1S/C23H20Cl2FN5O2S2/c1-3-31-21(13(2)33-16-7-5-15(26)6-8-16)29-30-23(31)35-12-20(32)28-22-27-19(11-34-22)17-9-4-14(24)10-18(17)25/h4-11,13H,3,12H2,1-2H3,(H,27,28,32). The molecule has 0 spiro atoms. The normalized spacial score (nSPS) is 11.9. The molecular weight excluding hydrogens is 532 g/mol. The highest BCUT2D eigenvalue weighted by atomic mass is 35.5. The summed E-state index contributed by atoms with van der Waals surface area (Å²) < 4.78 is 20.9. The fourth-order valence-electron chi connectivity index (χ4n) is 3.21. The molecule has 7 nitrogen and oxygen atoms in total. The summed E-state index contributed by atoms with van der Waals surface area (Å²) in [7, 11) is 0. The van der Waals surface area contributed by atoms with E-state index in [9.17, 15) is 9.18 Å². The highest BCUT2D eigenvalue weighted by Crippen LogP contribution is 2.32. The Bertz CT molecular complexity index is 1330. The van der Waals surface area contributed by atoms with Crippen LogP contribution in [0.15, 0.2) is 53.0 Å². The minimum Gasteiger partial charge on any atom is -0.483 e. The number of thiazole rings is 1. The number of aromatic nitrogens is 4. The van der Waals surface area contributed by atoms with E-state index in [-0.39, 0.29) is 17.5 Å². The molecule has 0 saturated carbocycles. The molecule has 12 heteroatoms. The highest BCUT2D eigenvalue weighted by Gasteiger charge is 2.20. The average Bonchev–Trinajstić information content (AvgIpc) is 3.46. The van der Waals surface area contributed by atoms with Gasteiger partial charge in [-0.25, -0.2) is 9.37 Å². The molecule has 1 atom stereocenters. The van der Waals surface area contributed by atoms with Crippen LogP contribution in [0, 0.1) is 5.82 Å². The Morgan fingerprint density at radius 1 is 1.23 bits per heavy atom. The molecule has 0 radical (unpaired) electrons. The smallest absolute Gasteiger partial charge is 0.236 e. The number of carbonyl (C=O) groups excluding carboxylic acids is 1. The van der Waals surface area contributed by atoms with Crippen LogP contribution in [0.25, 0.3) is 11.3 Å². The van der Waals surface area contributed by atoms with E-state index >= 15 is 0 Å². The number of carbonyl (C=O) groups is 1. The van der Waals surface area contributed by atoms with Crippen LogP contribution in [0.5, 0.6) is 5.75 Å². The van der Waals surface area contributed by atoms with Crippen LogP contribution in [0.4, 0.5) is 9.52 Å². The summed E-state index contributed by atoms with van der Waals surface area (Å²) in [4.78, 5) is 17.0. The second kappa shape index (κ2) is 11.4. The summed E-state index contributed by atoms with van der Waals surface area (Å²) in [6, 6.07) is 11.0. The SMILES string of the molecule is CCn1c(SCC(=O)Nc2nc(-c3ccc(Cl)cc3Cl)cs2)nnc1C(C)Oc1ccc(F)cc1. The fourth-order valence-corrected chi connectivity index (χ4v) is 5.25. The molecule has 0 aliphatic rings. The molecule has 4 rings (SSSR count). The molecule has 2 aromatic heterocycles. The summed E-state index contributed by atoms with van der Waals surface area (Å²) in [5.74, 6) is 0.717. The van der Waals surface area contributed by atoms with Crippen molar-refractivity contribution in [2.75, 3.05) is 11.1 Å². The molecular formula is C23H20Cl2FN5O2S2. The largest absolute Gasteiger partial charge is 0.483 e. The second-order valence-corrected chi connectivity index (χ2v) is 9.94. The third-order valence-corrected chi connectivity index (χ3v) is 7.11. The minimum absolute atomic E-state index is 0.127. The van der Waals surface area contributed by atoms with E-state index in [1.54, 1.807) is 30.3 Å². The van der Waals surface area contributed by atoms with Crippen LogP contribution in [-0.4, -0.2) is 31.4 Å². The summed E-state index contributed by atoms with van der Waals surface area (Å²) in [5, 5.41) is 15.2. The second-order valence-electron chi connectivity index (χ2n) is 7.30. The van der Waals surface area contributed by atoms with Gasteiger partial charge in [0.05, 0.1) is 16.5 Å². The molecule has 35 heavy (non-hydrogen) atoms. The Morgan fingerprint density at radius 2 is 2.00 bits per heavy atom. The van der Waals surface area contributed by atoms with E-state index in [0.29, 0.717) is 44.1 Å². The van der Waals surface area contributed by atoms with Gasteiger partial charge in [0.1, 0.15) is 11.6 Å². The quantitative estimate of drug-likeness (QED) is 0.232. The number of hydrogen-bond acceptors (Lipinski definition) is 7. The first-order chi connectivity index (χ1) is 16.8. The van der Waals surface area contributed by atoms with E-state index in [1.165, 1.54) is 35.2 Å². The van der Waals surface area contributed by atoms with Crippen LogP contribution in [0.1, 0.15) is 25.8 Å². The maximum atomic E-state index is 13.1. The zero-order valence-electron chi connectivity index (χ0n) is 18.7. The molecule has 2 heterocycles. The van der Waals surface area contributed by atoms with Crippen LogP contribution < -0.4 is 10.1 Å². The van der Waals surface area contributed by atoms with Crippen molar-refractivity contribution in [1.82, 2.24) is 19.7 Å². The van der Waals surface area contributed by atoms with Crippen molar-refractivity contribution in [3.8, 4) is 17.0 Å². The molecule has 1 amide bonds. The Hall–Kier alpha value is -2.66. The first-order valence-electron chi connectivity index (χ1n) is 10.5. The summed E-state index contributed by atoms with van der Waals surface area (Å²) in [5.41, 5.74) is 1.40. The van der Waals surface area contributed by atoms with Gasteiger partial charge in [-0.1, -0.05) is 35.0 Å². The monoisotopic (exact) mass is 551 g/mol. The number of thioether (sulfide) groups is 1. The fraction of sp³-hybridized carbons (Fsp3) is 0.217. The van der Waals surface area contributed by atoms with Gasteiger partial charge in [0.2, 0.25) is 5.91 Å². The number of nitrogens with one attached hydrogen (secondary N) is 1. The number of anilines is 1. The predicted octanol–water partition coefficient (Wildman–Crippen LogP) is 6.74. The van der Waals surface area contributed by atoms with Gasteiger partial charge in [-0.15, -0.1) is 21.5 Å². The lowest BCUT2D eigenvalue weighted by molar-refractivity contribution is -0.113. The van der Waals surface area contributed by atoms with Gasteiger partial charge in [0, 0.05) is 22.5 Å². The third-order valence-electron chi connectivity index (χ3n) is 4.84. The van der Waals surface area contributed by atoms with E-state index in [2.05, 4.69) is 20.5 Å². The molecule has 182 valence electrons. The van der Waals surface area contributed by atoms with Crippen molar-refractivity contribution in [3.63, 3.8) is 0 Å². The number of nitrogens with zero attached hydrogens (tertiary/aromatic N) is 4. The number of rotatable bonds is 9. The molecule has 0 saturated heterocycles. The maximum Gasteiger partial charge on any atom is 0.236 e. The lowest BCUT2D eigenvalue weighted by Gasteiger charge is -2.15. The van der Waals surface area contributed by atoms with E-state index < -0.39 is 6.10 Å². The van der Waals surface area contributed by atoms with Crippen molar-refractivity contribution < 1.29 is 13.9 Å². The minimum atomic E-state index is -0.412. The molecule has 2 aromatic carbocycles. The van der Waals surface area contributed by atoms with Crippen LogP contribution >= 0.6 is 46.3 Å². The van der Waals surface area contributed by atoms with E-state index in [4.69, 9.17) is 27.9 Å². The van der Waals surface area contributed by atoms with Crippen molar-refractivity contribution in [2.24, 2.45) is 0 Å². The summed E-state index contributed by atoms with van der Waals surface area (Å²) in [6.07, 6.45) is -0.412. The van der Waals surface area contributed by atoms with Gasteiger partial charge in [0.15, 0.2) is 22.2 Å². The molecule has 0 aliphatic heterocycles. The van der Waals surface area contributed by atoms with Crippen molar-refractivity contribution in [1.29, 1.82) is 0 Å². The molecule has 0 aliphatic carbocycles. The summed E-state index contributed by atoms with van der Waals surface area (Å²) in [6.45, 7) is 4.40. The van der Waals surface area contributed by atoms with Gasteiger partial charge in [-0.2, -0.15) is 0 Å². The lowest BCUT2D eigenvalue weighted by Crippen LogP contribution is -2.15. The van der Waals surface area contributed by atoms with Gasteiger partial charge in [-0.3, -0.25) is 4.79 Å². The van der Waals surface area contributed by atoms with Crippen molar-refractivity contribution >= 4 is 57.3 Å². The van der Waals surface area contributed by atoms with E-state index in [0.717, 1.165) is 5.56 Å². The molecule has 1 unspecified atom stereocenters. The summed E-state index contributed by atoms with van der Waals surface area (Å²) >= 11 is 14.8. The van der Waals surface area contributed by atoms with Gasteiger partial charge < -0.3 is 14.6 Å². The Labute approximate surface area is 219 Å². The number of ether oxygens (including phenoxy) is 1. The third kappa shape index (κ3) is 6.32. The van der Waals surface area contributed by atoms with Gasteiger partial charge in [0.25, 0.3) is 0 Å². The van der Waals surface area contributed by atoms with Gasteiger partial charge >= 0.3 is 0 Å². The van der Waals surface area contributed by atoms with Crippen LogP contribution in [-0.2, 0) is 11.3 Å². The average molecular weight is 552 g/mol. The molecule has 1 N–H and O–H groups in total. The number of halogens is 3. The maximum absolute atomic E-state index is 13.1. The first-order valence-corrected chi connectivity index (χ1v) is 13.1. The lowest BCUT2D eigenvalue weighted by atomic mass is 10.2. The zero-order valence-corrected chi connectivity index (χ0v) is 21.8. The number of amides is 1. The van der Waals surface area contributed by atoms with Gasteiger partial charge in [-0.05, 0) is 56.3 Å². The predicted molar refractivity (Wildman–Crippen MR) is 138 cm³/mol. The Morgan fingerprint density at radius 3 is 2.71 bits per heavy atom. The highest BCUT2D eigenvalue weighted by molar-refractivity contribution is 7.99. The van der Waals surface area contributed by atoms with E-state index in [1.807, 2.05) is 23.8 Å². The van der Waals surface area contributed by atoms with Crippen molar-refractivity contribution in [2.45, 2.75) is 31.7 Å². The van der Waals surface area contributed by atoms with Crippen LogP contribution in [0.2, 0.25) is 10.0 Å². The number of hydrogen-bond donors (Lipinski definition) is 1. The zero-order chi connectivity index (χ0) is 24.9. The Balaban J connectivity index is 1.36. The Kier molecular flexibility index (Phi) is 8.27. The number of benzene rings is 2. The van der Waals surface area contributed by atoms with Crippen LogP contribution in [0.3, 0.4) is 0 Å². The first kappa shape index (κ1) is 25.4. The molecule has 4 aromatic rings. The topological polar surface area (TPSA) is 81.9 Å².